The first-order chi connectivity index (χ1) is 18.2. The maximum absolute atomic E-state index is 13.3. The number of nitro groups is 1. The van der Waals surface area contributed by atoms with Crippen molar-refractivity contribution in [3.8, 4) is 0 Å². The number of aryl methyl sites for hydroxylation is 1. The third-order valence-corrected chi connectivity index (χ3v) is 8.28. The third-order valence-electron chi connectivity index (χ3n) is 7.00. The van der Waals surface area contributed by atoms with Gasteiger partial charge in [-0.05, 0) is 36.8 Å². The van der Waals surface area contributed by atoms with Crippen molar-refractivity contribution in [3.05, 3.63) is 80.8 Å². The molecule has 0 bridgehead atoms. The first-order valence-corrected chi connectivity index (χ1v) is 13.2. The van der Waals surface area contributed by atoms with Crippen LogP contribution in [0.25, 0.3) is 5.65 Å². The number of thioether (sulfide) groups is 1. The zero-order valence-corrected chi connectivity index (χ0v) is 21.6. The molecule has 4 atom stereocenters. The molecule has 3 N–H and O–H groups in total. The molecule has 38 heavy (non-hydrogen) atoms. The Balaban J connectivity index is 1.33. The number of non-ortho nitro benzene ring substituents is 1. The maximum Gasteiger partial charge on any atom is 0.356 e. The topological polar surface area (TPSA) is 153 Å². The summed E-state index contributed by atoms with van der Waals surface area (Å²) in [6.07, 6.45) is 3.57. The van der Waals surface area contributed by atoms with Crippen molar-refractivity contribution in [1.82, 2.24) is 14.3 Å². The summed E-state index contributed by atoms with van der Waals surface area (Å²) in [7, 11) is 0. The molecule has 1 amide bonds. The number of benzene rings is 1. The van der Waals surface area contributed by atoms with E-state index in [1.165, 1.54) is 40.9 Å². The molecule has 0 spiro atoms. The summed E-state index contributed by atoms with van der Waals surface area (Å²) in [5.74, 6) is -1.07. The number of carbonyl (C=O) groups excluding carboxylic acids is 2. The van der Waals surface area contributed by atoms with Crippen LogP contribution in [0.5, 0.6) is 0 Å². The Morgan fingerprint density at radius 2 is 2.05 bits per heavy atom. The van der Waals surface area contributed by atoms with Crippen molar-refractivity contribution in [3.63, 3.8) is 0 Å². The van der Waals surface area contributed by atoms with Crippen LogP contribution < -0.4 is 5.73 Å². The van der Waals surface area contributed by atoms with Crippen LogP contribution in [0.15, 0.2) is 59.4 Å². The van der Waals surface area contributed by atoms with Crippen molar-refractivity contribution in [2.45, 2.75) is 39.0 Å². The average molecular weight is 538 g/mol. The number of rotatable bonds is 9. The lowest BCUT2D eigenvalue weighted by Crippen LogP contribution is -2.63. The lowest BCUT2D eigenvalue weighted by atomic mass is 9.79. The number of imidazole rings is 1. The van der Waals surface area contributed by atoms with Crippen LogP contribution in [0.2, 0.25) is 0 Å². The lowest BCUT2D eigenvalue weighted by Gasteiger charge is -2.46. The van der Waals surface area contributed by atoms with E-state index in [9.17, 15) is 24.8 Å². The van der Waals surface area contributed by atoms with Gasteiger partial charge in [0.1, 0.15) is 12.3 Å². The molecular formula is C26H27N5O6S. The minimum atomic E-state index is -0.837. The SMILES string of the molecule is C[C@@H](O)[C@H]1C(=O)N2C(C(=O)OCc3ccc([N+](=O)[O-])cc3)=C(SCCc3cn4cccc(N)c4n3)[C@H](C)[C@H]12. The fourth-order valence-electron chi connectivity index (χ4n) is 5.11. The van der Waals surface area contributed by atoms with Crippen molar-refractivity contribution in [2.75, 3.05) is 11.5 Å². The van der Waals surface area contributed by atoms with Crippen LogP contribution in [-0.4, -0.2) is 54.1 Å². The van der Waals surface area contributed by atoms with E-state index in [4.69, 9.17) is 10.5 Å². The van der Waals surface area contributed by atoms with Gasteiger partial charge < -0.3 is 24.9 Å². The van der Waals surface area contributed by atoms with Gasteiger partial charge in [-0.2, -0.15) is 0 Å². The Bertz CT molecular complexity index is 1450. The predicted octanol–water partition coefficient (Wildman–Crippen LogP) is 2.91. The molecule has 1 fully saturated rings. The average Bonchev–Trinajstić information content (AvgIpc) is 3.40. The van der Waals surface area contributed by atoms with Crippen LogP contribution in [-0.2, 0) is 27.4 Å². The highest BCUT2D eigenvalue weighted by molar-refractivity contribution is 8.03. The molecule has 1 aromatic carbocycles. The number of hydrogen-bond donors (Lipinski definition) is 2. The van der Waals surface area contributed by atoms with E-state index in [1.807, 2.05) is 29.8 Å². The quantitative estimate of drug-likeness (QED) is 0.181. The largest absolute Gasteiger partial charge is 0.456 e. The molecular weight excluding hydrogens is 510 g/mol. The number of nitro benzene ring substituents is 1. The zero-order chi connectivity index (χ0) is 27.1. The van der Waals surface area contributed by atoms with Gasteiger partial charge in [0, 0.05) is 47.5 Å². The second kappa shape index (κ2) is 10.1. The van der Waals surface area contributed by atoms with Gasteiger partial charge in [0.15, 0.2) is 5.65 Å². The highest BCUT2D eigenvalue weighted by atomic mass is 32.2. The number of β-lactam (4-membered cyclic amide) rings is 1. The van der Waals surface area contributed by atoms with E-state index in [0.29, 0.717) is 29.1 Å². The molecule has 1 saturated heterocycles. The van der Waals surface area contributed by atoms with Crippen molar-refractivity contribution < 1.29 is 24.4 Å². The summed E-state index contributed by atoms with van der Waals surface area (Å²) >= 11 is 1.48. The van der Waals surface area contributed by atoms with Gasteiger partial charge in [-0.3, -0.25) is 14.9 Å². The first-order valence-electron chi connectivity index (χ1n) is 12.2. The number of nitrogens with zero attached hydrogens (tertiary/aromatic N) is 4. The van der Waals surface area contributed by atoms with E-state index in [1.54, 1.807) is 13.0 Å². The maximum atomic E-state index is 13.3. The number of aliphatic hydroxyl groups is 1. The number of nitrogens with two attached hydrogens (primary N) is 1. The number of ether oxygens (including phenoxy) is 1. The van der Waals surface area contributed by atoms with Crippen molar-refractivity contribution in [1.29, 1.82) is 0 Å². The van der Waals surface area contributed by atoms with Gasteiger partial charge in [0.05, 0.1) is 34.4 Å². The lowest BCUT2D eigenvalue weighted by molar-refractivity contribution is -0.384. The van der Waals surface area contributed by atoms with E-state index in [-0.39, 0.29) is 35.9 Å². The predicted molar refractivity (Wildman–Crippen MR) is 141 cm³/mol. The number of hydrogen-bond acceptors (Lipinski definition) is 9. The number of fused-ring (bicyclic) bond motifs is 2. The number of esters is 1. The third kappa shape index (κ3) is 4.50. The van der Waals surface area contributed by atoms with Gasteiger partial charge in [-0.15, -0.1) is 11.8 Å². The van der Waals surface area contributed by atoms with Gasteiger partial charge >= 0.3 is 5.97 Å². The summed E-state index contributed by atoms with van der Waals surface area (Å²) < 4.78 is 7.41. The van der Waals surface area contributed by atoms with E-state index in [0.717, 1.165) is 10.6 Å². The number of anilines is 1. The van der Waals surface area contributed by atoms with Gasteiger partial charge in [-0.1, -0.05) is 6.92 Å². The van der Waals surface area contributed by atoms with Gasteiger partial charge in [0.25, 0.3) is 5.69 Å². The number of nitrogen functional groups attached to an aromatic ring is 1. The monoisotopic (exact) mass is 537 g/mol. The number of pyridine rings is 1. The minimum absolute atomic E-state index is 0.0578. The highest BCUT2D eigenvalue weighted by Gasteiger charge is 2.60. The molecule has 11 nitrogen and oxygen atoms in total. The first kappa shape index (κ1) is 25.7. The van der Waals surface area contributed by atoms with E-state index < -0.39 is 22.9 Å². The van der Waals surface area contributed by atoms with Crippen LogP contribution in [0, 0.1) is 22.0 Å². The number of carbonyl (C=O) groups is 2. The van der Waals surface area contributed by atoms with Crippen molar-refractivity contribution >= 4 is 40.7 Å². The van der Waals surface area contributed by atoms with Gasteiger partial charge in [0.2, 0.25) is 5.91 Å². The Morgan fingerprint density at radius 1 is 1.32 bits per heavy atom. The zero-order valence-electron chi connectivity index (χ0n) is 20.8. The fraction of sp³-hybridized carbons (Fsp3) is 0.346. The molecule has 5 rings (SSSR count). The molecule has 0 radical (unpaired) electrons. The Hall–Kier alpha value is -3.90. The molecule has 4 heterocycles. The molecule has 0 saturated carbocycles. The normalized spacial score (nSPS) is 21.4. The number of aliphatic hydroxyl groups excluding tert-OH is 1. The standard InChI is InChI=1S/C26H27N5O6S/c1-14-21-20(15(2)32)25(33)30(21)22(26(34)37-13-16-5-7-18(8-6-16)31(35)36)23(14)38-11-9-17-12-29-10-3-4-19(27)24(29)28-17/h3-8,10,12,14-15,20-21,32H,9,11,13,27H2,1-2H3/t14-,15-,20-,21-/m1/s1. The molecule has 0 aliphatic carbocycles. The Kier molecular flexibility index (Phi) is 6.84. The smallest absolute Gasteiger partial charge is 0.356 e. The van der Waals surface area contributed by atoms with Crippen LogP contribution in [0.3, 0.4) is 0 Å². The van der Waals surface area contributed by atoms with Crippen LogP contribution >= 0.6 is 11.8 Å². The summed E-state index contributed by atoms with van der Waals surface area (Å²) in [4.78, 5) is 43.3. The Morgan fingerprint density at radius 3 is 2.71 bits per heavy atom. The second-order valence-corrected chi connectivity index (χ2v) is 10.6. The van der Waals surface area contributed by atoms with Gasteiger partial charge in [-0.25, -0.2) is 9.78 Å². The van der Waals surface area contributed by atoms with Crippen LogP contribution in [0.4, 0.5) is 11.4 Å². The molecule has 198 valence electrons. The number of amides is 1. The molecule has 2 aromatic heterocycles. The van der Waals surface area contributed by atoms with E-state index in [2.05, 4.69) is 4.98 Å². The van der Waals surface area contributed by atoms with Crippen LogP contribution in [0.1, 0.15) is 25.1 Å². The second-order valence-electron chi connectivity index (χ2n) is 9.49. The summed E-state index contributed by atoms with van der Waals surface area (Å²) in [6, 6.07) is 9.06. The fourth-order valence-corrected chi connectivity index (χ4v) is 6.36. The molecule has 3 aromatic rings. The molecule has 2 aliphatic heterocycles. The van der Waals surface area contributed by atoms with Crippen molar-refractivity contribution in [2.24, 2.45) is 11.8 Å². The summed E-state index contributed by atoms with van der Waals surface area (Å²) in [6.45, 7) is 3.44. The van der Waals surface area contributed by atoms with E-state index >= 15 is 0 Å². The highest BCUT2D eigenvalue weighted by Crippen LogP contribution is 2.50. The Labute approximate surface area is 222 Å². The molecule has 12 heteroatoms. The summed E-state index contributed by atoms with van der Waals surface area (Å²) in [5.41, 5.74) is 8.87. The number of aromatic nitrogens is 2. The molecule has 2 aliphatic rings. The minimum Gasteiger partial charge on any atom is -0.456 e. The molecule has 0 unspecified atom stereocenters. The summed E-state index contributed by atoms with van der Waals surface area (Å²) in [5, 5.41) is 21.1.